The Hall–Kier alpha value is -0.430. The van der Waals surface area contributed by atoms with E-state index in [1.165, 1.54) is 0 Å². The Bertz CT molecular complexity index is 247. The highest BCUT2D eigenvalue weighted by atomic mass is 32.2. The van der Waals surface area contributed by atoms with Gasteiger partial charge >= 0.3 is 5.51 Å². The molecule has 1 amide bonds. The standard InChI is InChI=1S/C9H15F3N2OS/c1-14-6-7(2-3-8(14)15)13-4-5-16-9(10,11)12/h7,13H,2-6H2,1H3. The van der Waals surface area contributed by atoms with Crippen LogP contribution in [0.2, 0.25) is 0 Å². The van der Waals surface area contributed by atoms with E-state index in [9.17, 15) is 18.0 Å². The second-order valence-corrected chi connectivity index (χ2v) is 4.92. The molecule has 94 valence electrons. The first kappa shape index (κ1) is 13.6. The van der Waals surface area contributed by atoms with E-state index in [2.05, 4.69) is 5.32 Å². The molecule has 1 atom stereocenters. The third-order valence-corrected chi connectivity index (χ3v) is 3.16. The molecule has 0 bridgehead atoms. The number of carbonyl (C=O) groups is 1. The fourth-order valence-electron chi connectivity index (χ4n) is 1.61. The summed E-state index contributed by atoms with van der Waals surface area (Å²) in [6.45, 7) is 0.895. The number of nitrogens with zero attached hydrogens (tertiary/aromatic N) is 1. The van der Waals surface area contributed by atoms with Gasteiger partial charge in [-0.25, -0.2) is 0 Å². The number of carbonyl (C=O) groups excluding carboxylic acids is 1. The van der Waals surface area contributed by atoms with Crippen molar-refractivity contribution in [1.82, 2.24) is 10.2 Å². The van der Waals surface area contributed by atoms with E-state index in [1.54, 1.807) is 11.9 Å². The van der Waals surface area contributed by atoms with E-state index < -0.39 is 5.51 Å². The van der Waals surface area contributed by atoms with E-state index in [1.807, 2.05) is 0 Å². The molecule has 7 heteroatoms. The molecule has 1 unspecified atom stereocenters. The molecule has 1 N–H and O–H groups in total. The van der Waals surface area contributed by atoms with Crippen molar-refractivity contribution < 1.29 is 18.0 Å². The number of piperidine rings is 1. The molecule has 1 fully saturated rings. The maximum absolute atomic E-state index is 11.8. The number of nitrogens with one attached hydrogen (secondary N) is 1. The zero-order chi connectivity index (χ0) is 12.2. The van der Waals surface area contributed by atoms with Crippen LogP contribution in [0.5, 0.6) is 0 Å². The zero-order valence-corrected chi connectivity index (χ0v) is 9.83. The number of likely N-dealkylation sites (tertiary alicyclic amines) is 1. The van der Waals surface area contributed by atoms with Crippen LogP contribution in [0.1, 0.15) is 12.8 Å². The molecule has 1 saturated heterocycles. The highest BCUT2D eigenvalue weighted by molar-refractivity contribution is 8.00. The van der Waals surface area contributed by atoms with Gasteiger partial charge in [0.15, 0.2) is 0 Å². The largest absolute Gasteiger partial charge is 0.441 e. The van der Waals surface area contributed by atoms with Gasteiger partial charge in [0.25, 0.3) is 0 Å². The first-order valence-electron chi connectivity index (χ1n) is 5.06. The van der Waals surface area contributed by atoms with Gasteiger partial charge in [0.2, 0.25) is 5.91 Å². The predicted octanol–water partition coefficient (Wildman–Crippen LogP) is 1.45. The lowest BCUT2D eigenvalue weighted by Gasteiger charge is -2.30. The molecule has 0 spiro atoms. The summed E-state index contributed by atoms with van der Waals surface area (Å²) in [5.41, 5.74) is -4.15. The van der Waals surface area contributed by atoms with Crippen LogP contribution in [0.15, 0.2) is 0 Å². The number of likely N-dealkylation sites (N-methyl/N-ethyl adjacent to an activating group) is 1. The average Bonchev–Trinajstić information content (AvgIpc) is 2.17. The zero-order valence-electron chi connectivity index (χ0n) is 9.01. The van der Waals surface area contributed by atoms with Crippen molar-refractivity contribution >= 4 is 17.7 Å². The summed E-state index contributed by atoms with van der Waals surface area (Å²) in [4.78, 5) is 12.8. The van der Waals surface area contributed by atoms with Crippen LogP contribution < -0.4 is 5.32 Å². The molecule has 16 heavy (non-hydrogen) atoms. The normalized spacial score (nSPS) is 22.6. The summed E-state index contributed by atoms with van der Waals surface area (Å²) < 4.78 is 35.5. The van der Waals surface area contributed by atoms with Gasteiger partial charge < -0.3 is 10.2 Å². The van der Waals surface area contributed by atoms with Gasteiger partial charge in [-0.3, -0.25) is 4.79 Å². The minimum atomic E-state index is -4.15. The topological polar surface area (TPSA) is 32.3 Å². The van der Waals surface area contributed by atoms with E-state index in [-0.39, 0.29) is 29.5 Å². The van der Waals surface area contributed by atoms with Crippen LogP contribution in [-0.2, 0) is 4.79 Å². The van der Waals surface area contributed by atoms with Gasteiger partial charge in [0.05, 0.1) is 0 Å². The Morgan fingerprint density at radius 3 is 2.81 bits per heavy atom. The molecule has 0 aromatic rings. The van der Waals surface area contributed by atoms with Gasteiger partial charge in [-0.15, -0.1) is 0 Å². The highest BCUT2D eigenvalue weighted by Gasteiger charge is 2.28. The summed E-state index contributed by atoms with van der Waals surface area (Å²) in [5.74, 6) is 0.111. The summed E-state index contributed by atoms with van der Waals surface area (Å²) in [5, 5.41) is 3.03. The Labute approximate surface area is 96.7 Å². The number of amides is 1. The quantitative estimate of drug-likeness (QED) is 0.773. The monoisotopic (exact) mass is 256 g/mol. The molecule has 0 aromatic heterocycles. The van der Waals surface area contributed by atoms with Crippen LogP contribution in [-0.4, -0.2) is 48.2 Å². The lowest BCUT2D eigenvalue weighted by molar-refractivity contribution is -0.132. The maximum atomic E-state index is 11.8. The van der Waals surface area contributed by atoms with E-state index in [4.69, 9.17) is 0 Å². The van der Waals surface area contributed by atoms with E-state index >= 15 is 0 Å². The molecule has 0 radical (unpaired) electrons. The van der Waals surface area contributed by atoms with Crippen molar-refractivity contribution in [3.8, 4) is 0 Å². The molecule has 3 nitrogen and oxygen atoms in total. The molecule has 1 aliphatic rings. The van der Waals surface area contributed by atoms with Crippen LogP contribution in [0.3, 0.4) is 0 Å². The van der Waals surface area contributed by atoms with Crippen molar-refractivity contribution in [2.75, 3.05) is 25.9 Å². The summed E-state index contributed by atoms with van der Waals surface area (Å²) in [7, 11) is 1.71. The van der Waals surface area contributed by atoms with Gasteiger partial charge in [-0.05, 0) is 18.2 Å². The second-order valence-electron chi connectivity index (χ2n) is 3.76. The first-order chi connectivity index (χ1) is 7.38. The van der Waals surface area contributed by atoms with E-state index in [0.717, 1.165) is 0 Å². The van der Waals surface area contributed by atoms with Crippen LogP contribution >= 0.6 is 11.8 Å². The van der Waals surface area contributed by atoms with Crippen LogP contribution in [0.25, 0.3) is 0 Å². The number of alkyl halides is 3. The van der Waals surface area contributed by atoms with Gasteiger partial charge in [-0.2, -0.15) is 13.2 Å². The second kappa shape index (κ2) is 5.77. The third kappa shape index (κ3) is 5.07. The Morgan fingerprint density at radius 2 is 2.25 bits per heavy atom. The Morgan fingerprint density at radius 1 is 1.56 bits per heavy atom. The first-order valence-corrected chi connectivity index (χ1v) is 6.05. The van der Waals surface area contributed by atoms with Crippen molar-refractivity contribution in [2.45, 2.75) is 24.4 Å². The molecular formula is C9H15F3N2OS. The van der Waals surface area contributed by atoms with Crippen molar-refractivity contribution in [3.63, 3.8) is 0 Å². The Kier molecular flexibility index (Phi) is 4.91. The minimum absolute atomic E-state index is 0.0116. The number of hydrogen-bond donors (Lipinski definition) is 1. The van der Waals surface area contributed by atoms with Crippen molar-refractivity contribution in [1.29, 1.82) is 0 Å². The smallest absolute Gasteiger partial charge is 0.344 e. The Balaban J connectivity index is 2.12. The fraction of sp³-hybridized carbons (Fsp3) is 0.889. The third-order valence-electron chi connectivity index (χ3n) is 2.43. The molecular weight excluding hydrogens is 241 g/mol. The van der Waals surface area contributed by atoms with Crippen LogP contribution in [0.4, 0.5) is 13.2 Å². The summed E-state index contributed by atoms with van der Waals surface area (Å²) in [6.07, 6.45) is 1.18. The number of thioether (sulfide) groups is 1. The highest BCUT2D eigenvalue weighted by Crippen LogP contribution is 2.29. The summed E-state index contributed by atoms with van der Waals surface area (Å²) >= 11 is -0.0196. The molecule has 1 rings (SSSR count). The molecule has 1 aliphatic heterocycles. The van der Waals surface area contributed by atoms with Crippen LogP contribution in [0, 0.1) is 0 Å². The predicted molar refractivity (Wildman–Crippen MR) is 57.2 cm³/mol. The average molecular weight is 256 g/mol. The van der Waals surface area contributed by atoms with Crippen molar-refractivity contribution in [3.05, 3.63) is 0 Å². The van der Waals surface area contributed by atoms with E-state index in [0.29, 0.717) is 25.9 Å². The lowest BCUT2D eigenvalue weighted by Crippen LogP contribution is -2.47. The number of hydrogen-bond acceptors (Lipinski definition) is 3. The number of halogens is 3. The molecule has 1 heterocycles. The molecule has 0 aliphatic carbocycles. The van der Waals surface area contributed by atoms with Gasteiger partial charge in [0.1, 0.15) is 0 Å². The molecule has 0 aromatic carbocycles. The van der Waals surface area contributed by atoms with Gasteiger partial charge in [-0.1, -0.05) is 0 Å². The minimum Gasteiger partial charge on any atom is -0.344 e. The SMILES string of the molecule is CN1CC(NCCSC(F)(F)F)CCC1=O. The maximum Gasteiger partial charge on any atom is 0.441 e. The van der Waals surface area contributed by atoms with Gasteiger partial charge in [0, 0.05) is 38.4 Å². The fourth-order valence-corrected chi connectivity index (χ4v) is 2.06. The number of rotatable bonds is 4. The lowest BCUT2D eigenvalue weighted by atomic mass is 10.1. The molecule has 0 saturated carbocycles. The van der Waals surface area contributed by atoms with Crippen molar-refractivity contribution in [2.24, 2.45) is 0 Å². The summed E-state index contributed by atoms with van der Waals surface area (Å²) in [6, 6.07) is 0.122.